The van der Waals surface area contributed by atoms with Crippen LogP contribution >= 0.6 is 7.37 Å². The number of hydrogen-bond donors (Lipinski definition) is 2. The molecule has 0 heterocycles. The predicted molar refractivity (Wildman–Crippen MR) is 70.5 cm³/mol. The SMILES string of the molecule is COP(C)(=O)C/C=C(\NC(=O)OC(C)(C)C)C(=O)O. The van der Waals surface area contributed by atoms with Gasteiger partial charge in [0.1, 0.15) is 11.3 Å². The van der Waals surface area contributed by atoms with Crippen LogP contribution in [0.25, 0.3) is 0 Å². The molecule has 2 N–H and O–H groups in total. The Morgan fingerprint density at radius 2 is 1.89 bits per heavy atom. The van der Waals surface area contributed by atoms with Crippen molar-refractivity contribution < 1.29 is 28.5 Å². The van der Waals surface area contributed by atoms with Crippen molar-refractivity contribution in [3.05, 3.63) is 11.8 Å². The van der Waals surface area contributed by atoms with Gasteiger partial charge < -0.3 is 14.4 Å². The van der Waals surface area contributed by atoms with Crippen LogP contribution < -0.4 is 5.32 Å². The number of carbonyl (C=O) groups excluding carboxylic acids is 1. The Morgan fingerprint density at radius 1 is 1.37 bits per heavy atom. The van der Waals surface area contributed by atoms with E-state index in [4.69, 9.17) is 14.4 Å². The highest BCUT2D eigenvalue weighted by Gasteiger charge is 2.20. The van der Waals surface area contributed by atoms with Gasteiger partial charge in [0.2, 0.25) is 7.37 Å². The van der Waals surface area contributed by atoms with Crippen LogP contribution in [0.5, 0.6) is 0 Å². The van der Waals surface area contributed by atoms with Crippen LogP contribution in [0.4, 0.5) is 4.79 Å². The number of carboxylic acids is 1. The first kappa shape index (κ1) is 17.7. The fourth-order valence-corrected chi connectivity index (χ4v) is 1.60. The van der Waals surface area contributed by atoms with Crippen LogP contribution in [0, 0.1) is 0 Å². The zero-order valence-corrected chi connectivity index (χ0v) is 12.6. The highest BCUT2D eigenvalue weighted by molar-refractivity contribution is 7.58. The van der Waals surface area contributed by atoms with Gasteiger partial charge in [-0.3, -0.25) is 9.88 Å². The minimum absolute atomic E-state index is 0.0963. The molecule has 0 aliphatic heterocycles. The molecule has 0 aliphatic rings. The van der Waals surface area contributed by atoms with Gasteiger partial charge >= 0.3 is 12.1 Å². The van der Waals surface area contributed by atoms with E-state index in [0.29, 0.717) is 0 Å². The predicted octanol–water partition coefficient (Wildman–Crippen LogP) is 2.03. The van der Waals surface area contributed by atoms with Gasteiger partial charge in [-0.25, -0.2) is 9.59 Å². The molecular formula is C11H20NO6P. The van der Waals surface area contributed by atoms with E-state index in [1.807, 2.05) is 0 Å². The lowest BCUT2D eigenvalue weighted by atomic mass is 10.2. The van der Waals surface area contributed by atoms with Crippen LogP contribution in [-0.4, -0.2) is 42.7 Å². The molecule has 1 unspecified atom stereocenters. The van der Waals surface area contributed by atoms with E-state index in [-0.39, 0.29) is 6.16 Å². The molecule has 0 aromatic heterocycles. The van der Waals surface area contributed by atoms with E-state index in [0.717, 1.165) is 6.08 Å². The summed E-state index contributed by atoms with van der Waals surface area (Å²) in [5.74, 6) is -1.35. The van der Waals surface area contributed by atoms with Crippen molar-refractivity contribution in [2.24, 2.45) is 0 Å². The number of alkyl carbamates (subject to hydrolysis) is 1. The number of carbonyl (C=O) groups is 2. The van der Waals surface area contributed by atoms with Gasteiger partial charge in [0.05, 0.1) is 0 Å². The van der Waals surface area contributed by atoms with Gasteiger partial charge in [0.15, 0.2) is 0 Å². The van der Waals surface area contributed by atoms with Gasteiger partial charge in [-0.1, -0.05) is 0 Å². The quantitative estimate of drug-likeness (QED) is 0.594. The van der Waals surface area contributed by atoms with Gasteiger partial charge in [-0.2, -0.15) is 0 Å². The van der Waals surface area contributed by atoms with Crippen molar-refractivity contribution in [3.63, 3.8) is 0 Å². The maximum atomic E-state index is 11.6. The normalized spacial score (nSPS) is 15.5. The second kappa shape index (κ2) is 6.73. The highest BCUT2D eigenvalue weighted by atomic mass is 31.2. The highest BCUT2D eigenvalue weighted by Crippen LogP contribution is 2.41. The summed E-state index contributed by atoms with van der Waals surface area (Å²) in [4.78, 5) is 22.4. The third-order valence-electron chi connectivity index (χ3n) is 1.88. The lowest BCUT2D eigenvalue weighted by Crippen LogP contribution is -2.34. The van der Waals surface area contributed by atoms with Crippen molar-refractivity contribution in [2.45, 2.75) is 26.4 Å². The lowest BCUT2D eigenvalue weighted by molar-refractivity contribution is -0.133. The molecule has 8 heteroatoms. The first-order valence-electron chi connectivity index (χ1n) is 5.52. The standard InChI is InChI=1S/C11H20NO6P/c1-11(2,3)18-10(15)12-8(9(13)14)6-7-19(5,16)17-4/h6H,7H2,1-5H3,(H,12,15)(H,13,14)/b8-6-. The first-order chi connectivity index (χ1) is 8.47. The molecule has 0 radical (unpaired) electrons. The zero-order chi connectivity index (χ0) is 15.3. The van der Waals surface area contributed by atoms with Crippen molar-refractivity contribution >= 4 is 19.4 Å². The van der Waals surface area contributed by atoms with Gasteiger partial charge in [0, 0.05) is 19.9 Å². The summed E-state index contributed by atoms with van der Waals surface area (Å²) in [6.07, 6.45) is 0.154. The van der Waals surface area contributed by atoms with Crippen molar-refractivity contribution in [1.29, 1.82) is 0 Å². The van der Waals surface area contributed by atoms with Crippen LogP contribution in [0.2, 0.25) is 0 Å². The fraction of sp³-hybridized carbons (Fsp3) is 0.636. The Hall–Kier alpha value is -1.33. The average molecular weight is 293 g/mol. The number of ether oxygens (including phenoxy) is 1. The van der Waals surface area contributed by atoms with Crippen molar-refractivity contribution in [1.82, 2.24) is 5.32 Å². The molecule has 0 aromatic carbocycles. The summed E-state index contributed by atoms with van der Waals surface area (Å²) in [6.45, 7) is 6.34. The zero-order valence-electron chi connectivity index (χ0n) is 11.7. The average Bonchev–Trinajstić information content (AvgIpc) is 2.21. The summed E-state index contributed by atoms with van der Waals surface area (Å²) >= 11 is 0. The number of hydrogen-bond acceptors (Lipinski definition) is 5. The number of amides is 1. The van der Waals surface area contributed by atoms with Crippen LogP contribution in [0.3, 0.4) is 0 Å². The molecule has 0 spiro atoms. The topological polar surface area (TPSA) is 102 Å². The maximum absolute atomic E-state index is 11.6. The smallest absolute Gasteiger partial charge is 0.412 e. The molecule has 1 atom stereocenters. The van der Waals surface area contributed by atoms with E-state index < -0.39 is 30.7 Å². The lowest BCUT2D eigenvalue weighted by Gasteiger charge is -2.19. The summed E-state index contributed by atoms with van der Waals surface area (Å²) in [5.41, 5.74) is -1.13. The maximum Gasteiger partial charge on any atom is 0.412 e. The molecule has 0 bridgehead atoms. The van der Waals surface area contributed by atoms with E-state index in [9.17, 15) is 14.2 Å². The Labute approximate surface area is 112 Å². The minimum Gasteiger partial charge on any atom is -0.477 e. The van der Waals surface area contributed by atoms with Crippen LogP contribution in [0.15, 0.2) is 11.8 Å². The molecule has 7 nitrogen and oxygen atoms in total. The molecular weight excluding hydrogens is 273 g/mol. The van der Waals surface area contributed by atoms with Crippen molar-refractivity contribution in [2.75, 3.05) is 19.9 Å². The Kier molecular flexibility index (Phi) is 6.25. The van der Waals surface area contributed by atoms with Gasteiger partial charge in [-0.05, 0) is 26.8 Å². The Balaban J connectivity index is 4.77. The van der Waals surface area contributed by atoms with Crippen LogP contribution in [-0.2, 0) is 18.6 Å². The molecule has 0 saturated heterocycles. The Bertz CT molecular complexity index is 423. The van der Waals surface area contributed by atoms with E-state index >= 15 is 0 Å². The summed E-state index contributed by atoms with van der Waals surface area (Å²) < 4.78 is 21.3. The number of aliphatic carboxylic acids is 1. The summed E-state index contributed by atoms with van der Waals surface area (Å²) in [5, 5.41) is 11.0. The monoisotopic (exact) mass is 293 g/mol. The number of allylic oxidation sites excluding steroid dienone is 1. The van der Waals surface area contributed by atoms with E-state index in [1.165, 1.54) is 13.8 Å². The molecule has 0 fully saturated rings. The molecule has 0 aromatic rings. The summed E-state index contributed by atoms with van der Waals surface area (Å²) in [7, 11) is -1.61. The molecule has 110 valence electrons. The van der Waals surface area contributed by atoms with E-state index in [2.05, 4.69) is 5.32 Å². The van der Waals surface area contributed by atoms with Gasteiger partial charge in [0.25, 0.3) is 0 Å². The number of carboxylic acid groups (broad SMARTS) is 1. The number of nitrogens with one attached hydrogen (secondary N) is 1. The number of rotatable bonds is 5. The van der Waals surface area contributed by atoms with Gasteiger partial charge in [-0.15, -0.1) is 0 Å². The van der Waals surface area contributed by atoms with Crippen molar-refractivity contribution in [3.8, 4) is 0 Å². The Morgan fingerprint density at radius 3 is 2.26 bits per heavy atom. The largest absolute Gasteiger partial charge is 0.477 e. The minimum atomic E-state index is -2.88. The molecule has 1 amide bonds. The fourth-order valence-electron chi connectivity index (χ4n) is 0.937. The molecule has 0 saturated carbocycles. The van der Waals surface area contributed by atoms with Crippen LogP contribution in [0.1, 0.15) is 20.8 Å². The summed E-state index contributed by atoms with van der Waals surface area (Å²) in [6, 6.07) is 0. The third-order valence-corrected chi connectivity index (χ3v) is 3.50. The molecule has 19 heavy (non-hydrogen) atoms. The molecule has 0 rings (SSSR count). The van der Waals surface area contributed by atoms with E-state index in [1.54, 1.807) is 20.8 Å². The third kappa shape index (κ3) is 8.40. The first-order valence-corrected chi connectivity index (χ1v) is 7.78. The second-order valence-corrected chi connectivity index (χ2v) is 7.69. The molecule has 0 aliphatic carbocycles. The second-order valence-electron chi connectivity index (χ2n) is 4.93.